The topological polar surface area (TPSA) is 59.5 Å². The van der Waals surface area contributed by atoms with Crippen molar-refractivity contribution in [3.63, 3.8) is 0 Å². The Balaban J connectivity index is 2.83. The minimum Gasteiger partial charge on any atom is -0.444 e. The monoisotopic (exact) mass is 270 g/mol. The van der Waals surface area contributed by atoms with Crippen LogP contribution in [0.15, 0.2) is 6.20 Å². The molecule has 0 fully saturated rings. The van der Waals surface area contributed by atoms with Gasteiger partial charge in [-0.3, -0.25) is 4.90 Å². The Morgan fingerprint density at radius 2 is 2.17 bits per heavy atom. The summed E-state index contributed by atoms with van der Waals surface area (Å²) in [5, 5.41) is 0.856. The van der Waals surface area contributed by atoms with E-state index in [-0.39, 0.29) is 0 Å². The number of aryl methyl sites for hydroxylation is 1. The van der Waals surface area contributed by atoms with Crippen LogP contribution in [0.4, 0.5) is 4.79 Å². The lowest BCUT2D eigenvalue weighted by atomic mass is 10.2. The number of hydrogen-bond acceptors (Lipinski definition) is 5. The zero-order chi connectivity index (χ0) is 13.9. The van der Waals surface area contributed by atoms with E-state index in [0.29, 0.717) is 0 Å². The van der Waals surface area contributed by atoms with Crippen LogP contribution in [-0.4, -0.2) is 34.9 Å². The molecule has 1 rings (SSSR count). The molecule has 0 aliphatic carbocycles. The number of nitrogens with zero attached hydrogens (tertiary/aromatic N) is 2. The van der Waals surface area contributed by atoms with E-state index in [1.807, 2.05) is 6.92 Å². The number of ether oxygens (including phenoxy) is 1. The highest BCUT2D eigenvalue weighted by molar-refractivity contribution is 7.11. The van der Waals surface area contributed by atoms with Crippen LogP contribution in [0.1, 0.15) is 36.7 Å². The minimum atomic E-state index is -0.647. The summed E-state index contributed by atoms with van der Waals surface area (Å²) in [5.74, 6) is 0. The Morgan fingerprint density at radius 3 is 2.56 bits per heavy atom. The molecule has 1 unspecified atom stereocenters. The number of aromatic nitrogens is 1. The number of hydrogen-bond donors (Lipinski definition) is 0. The third kappa shape index (κ3) is 3.80. The number of likely N-dealkylation sites (N-methyl/N-ethyl adjacent to an activating group) is 1. The fraction of sp³-hybridized carbons (Fsp3) is 0.583. The zero-order valence-corrected chi connectivity index (χ0v) is 12.1. The Hall–Kier alpha value is -1.43. The normalized spacial score (nSPS) is 12.9. The molecule has 100 valence electrons. The molecule has 1 aromatic rings. The van der Waals surface area contributed by atoms with Crippen molar-refractivity contribution in [1.29, 1.82) is 0 Å². The van der Waals surface area contributed by atoms with Gasteiger partial charge < -0.3 is 9.53 Å². The van der Waals surface area contributed by atoms with E-state index in [1.54, 1.807) is 34.0 Å². The molecule has 1 heterocycles. The van der Waals surface area contributed by atoms with Crippen molar-refractivity contribution < 1.29 is 14.3 Å². The van der Waals surface area contributed by atoms with Gasteiger partial charge in [0.1, 0.15) is 17.9 Å². The third-order valence-electron chi connectivity index (χ3n) is 2.16. The van der Waals surface area contributed by atoms with Gasteiger partial charge in [0, 0.05) is 13.2 Å². The van der Waals surface area contributed by atoms with Crippen molar-refractivity contribution in [1.82, 2.24) is 9.88 Å². The number of carbonyl (C=O) groups excluding carboxylic acids is 2. The smallest absolute Gasteiger partial charge is 0.410 e. The van der Waals surface area contributed by atoms with Gasteiger partial charge in [0.05, 0.1) is 9.88 Å². The van der Waals surface area contributed by atoms with Crippen molar-refractivity contribution >= 4 is 23.7 Å². The first-order valence-electron chi connectivity index (χ1n) is 5.58. The van der Waals surface area contributed by atoms with E-state index in [4.69, 9.17) is 4.74 Å². The molecule has 0 radical (unpaired) electrons. The van der Waals surface area contributed by atoms with Gasteiger partial charge in [0.25, 0.3) is 0 Å². The third-order valence-corrected chi connectivity index (χ3v) is 3.14. The molecule has 0 aliphatic rings. The summed E-state index contributed by atoms with van der Waals surface area (Å²) in [6, 6.07) is -0.647. The van der Waals surface area contributed by atoms with Crippen LogP contribution >= 0.6 is 11.3 Å². The molecule has 0 bridgehead atoms. The molecule has 0 saturated carbocycles. The van der Waals surface area contributed by atoms with Gasteiger partial charge in [-0.1, -0.05) is 0 Å². The van der Waals surface area contributed by atoms with E-state index < -0.39 is 17.7 Å². The lowest BCUT2D eigenvalue weighted by Gasteiger charge is -2.27. The van der Waals surface area contributed by atoms with Crippen LogP contribution < -0.4 is 0 Å². The van der Waals surface area contributed by atoms with Crippen LogP contribution in [-0.2, 0) is 9.53 Å². The van der Waals surface area contributed by atoms with Gasteiger partial charge in [-0.05, 0) is 27.7 Å². The van der Waals surface area contributed by atoms with Crippen molar-refractivity contribution in [3.8, 4) is 0 Å². The Bertz CT molecular complexity index is 437. The van der Waals surface area contributed by atoms with Crippen LogP contribution in [0.3, 0.4) is 0 Å². The highest BCUT2D eigenvalue weighted by Gasteiger charge is 2.27. The predicted octanol–water partition coefficient (Wildman–Crippen LogP) is 2.56. The number of carbonyl (C=O) groups is 2. The van der Waals surface area contributed by atoms with Crippen LogP contribution in [0, 0.1) is 6.92 Å². The fourth-order valence-corrected chi connectivity index (χ4v) is 2.20. The van der Waals surface area contributed by atoms with Gasteiger partial charge >= 0.3 is 6.09 Å². The maximum atomic E-state index is 11.9. The van der Waals surface area contributed by atoms with Gasteiger partial charge in [-0.2, -0.15) is 0 Å². The molecule has 1 aromatic heterocycles. The minimum absolute atomic E-state index is 0.523. The number of thiazole rings is 1. The molecule has 1 atom stereocenters. The summed E-state index contributed by atoms with van der Waals surface area (Å²) in [5.41, 5.74) is -0.581. The van der Waals surface area contributed by atoms with E-state index in [0.717, 1.165) is 16.2 Å². The second kappa shape index (κ2) is 5.48. The van der Waals surface area contributed by atoms with Crippen LogP contribution in [0.5, 0.6) is 0 Å². The summed E-state index contributed by atoms with van der Waals surface area (Å²) in [6.07, 6.45) is 1.81. The lowest BCUT2D eigenvalue weighted by molar-refractivity contribution is -0.112. The van der Waals surface area contributed by atoms with E-state index in [2.05, 4.69) is 4.98 Å². The van der Waals surface area contributed by atoms with Crippen LogP contribution in [0.25, 0.3) is 0 Å². The fourth-order valence-electron chi connectivity index (χ4n) is 1.31. The first-order chi connectivity index (χ1) is 8.24. The maximum Gasteiger partial charge on any atom is 0.410 e. The summed E-state index contributed by atoms with van der Waals surface area (Å²) >= 11 is 1.39. The summed E-state index contributed by atoms with van der Waals surface area (Å²) in [7, 11) is 1.54. The van der Waals surface area contributed by atoms with Crippen molar-refractivity contribution in [3.05, 3.63) is 16.1 Å². The van der Waals surface area contributed by atoms with Crippen molar-refractivity contribution in [2.45, 2.75) is 39.3 Å². The van der Waals surface area contributed by atoms with Crippen LogP contribution in [0.2, 0.25) is 0 Å². The Morgan fingerprint density at radius 1 is 1.56 bits per heavy atom. The average Bonchev–Trinajstić information content (AvgIpc) is 2.63. The van der Waals surface area contributed by atoms with Crippen molar-refractivity contribution in [2.24, 2.45) is 0 Å². The standard InChI is InChI=1S/C12H18N2O3S/c1-8-13-6-10(18-8)9(7-15)14(5)11(16)17-12(2,3)4/h6-7,9H,1-5H3. The second-order valence-corrected chi connectivity index (χ2v) is 6.22. The van der Waals surface area contributed by atoms with Crippen molar-refractivity contribution in [2.75, 3.05) is 7.05 Å². The quantitative estimate of drug-likeness (QED) is 0.792. The molecule has 1 amide bonds. The van der Waals surface area contributed by atoms with Gasteiger partial charge in [0.15, 0.2) is 0 Å². The van der Waals surface area contributed by atoms with E-state index >= 15 is 0 Å². The van der Waals surface area contributed by atoms with Gasteiger partial charge in [-0.25, -0.2) is 9.78 Å². The highest BCUT2D eigenvalue weighted by atomic mass is 32.1. The molecule has 0 aromatic carbocycles. The zero-order valence-electron chi connectivity index (χ0n) is 11.3. The summed E-state index contributed by atoms with van der Waals surface area (Å²) in [6.45, 7) is 7.20. The molecule has 0 spiro atoms. The highest BCUT2D eigenvalue weighted by Crippen LogP contribution is 2.24. The van der Waals surface area contributed by atoms with Gasteiger partial charge in [-0.15, -0.1) is 11.3 Å². The molecule has 0 N–H and O–H groups in total. The molecule has 0 saturated heterocycles. The maximum absolute atomic E-state index is 11.9. The van der Waals surface area contributed by atoms with E-state index in [9.17, 15) is 9.59 Å². The first kappa shape index (κ1) is 14.6. The summed E-state index contributed by atoms with van der Waals surface area (Å²) in [4.78, 5) is 29.1. The molecular weight excluding hydrogens is 252 g/mol. The largest absolute Gasteiger partial charge is 0.444 e. The Kier molecular flexibility index (Phi) is 4.45. The Labute approximate surface area is 111 Å². The average molecular weight is 270 g/mol. The summed E-state index contributed by atoms with van der Waals surface area (Å²) < 4.78 is 5.22. The molecule has 0 aliphatic heterocycles. The molecular formula is C12H18N2O3S. The van der Waals surface area contributed by atoms with Gasteiger partial charge in [0.2, 0.25) is 0 Å². The second-order valence-electron chi connectivity index (χ2n) is 4.95. The predicted molar refractivity (Wildman–Crippen MR) is 69.7 cm³/mol. The SMILES string of the molecule is Cc1ncc(C(C=O)N(C)C(=O)OC(C)(C)C)s1. The number of rotatable bonds is 3. The molecule has 5 nitrogen and oxygen atoms in total. The molecule has 6 heteroatoms. The number of aldehydes is 1. The van der Waals surface area contributed by atoms with E-state index in [1.165, 1.54) is 16.2 Å². The number of amides is 1. The lowest BCUT2D eigenvalue weighted by Crippen LogP contribution is -2.37. The molecule has 18 heavy (non-hydrogen) atoms. The first-order valence-corrected chi connectivity index (χ1v) is 6.39.